The normalized spacial score (nSPS) is 35.1. The van der Waals surface area contributed by atoms with E-state index in [1.807, 2.05) is 0 Å². The van der Waals surface area contributed by atoms with Crippen LogP contribution in [0.2, 0.25) is 0 Å². The van der Waals surface area contributed by atoms with Crippen LogP contribution in [0.25, 0.3) is 0 Å². The maximum absolute atomic E-state index is 3.73. The summed E-state index contributed by atoms with van der Waals surface area (Å²) in [7, 11) is 0. The first kappa shape index (κ1) is 22.7. The van der Waals surface area contributed by atoms with Gasteiger partial charge in [-0.2, -0.15) is 0 Å². The summed E-state index contributed by atoms with van der Waals surface area (Å²) in [6, 6.07) is 0.343. The van der Waals surface area contributed by atoms with Gasteiger partial charge in [-0.15, -0.1) is 0 Å². The molecule has 3 fully saturated rings. The second kappa shape index (κ2) is 12.7. The van der Waals surface area contributed by atoms with Crippen molar-refractivity contribution in [3.05, 3.63) is 0 Å². The van der Waals surface area contributed by atoms with Crippen molar-refractivity contribution >= 4 is 0 Å². The third-order valence-electron chi connectivity index (χ3n) is 7.57. The highest BCUT2D eigenvalue weighted by molar-refractivity contribution is 5.15. The quantitative estimate of drug-likeness (QED) is 0.435. The van der Waals surface area contributed by atoms with Gasteiger partial charge in [0.05, 0.1) is 6.04 Å². The molecule has 4 unspecified atom stereocenters. The summed E-state index contributed by atoms with van der Waals surface area (Å²) in [5.74, 6) is 18.2. The lowest BCUT2D eigenvalue weighted by molar-refractivity contribution is 0.247. The van der Waals surface area contributed by atoms with E-state index in [0.29, 0.717) is 23.8 Å². The lowest BCUT2D eigenvalue weighted by Crippen LogP contribution is -2.45. The monoisotopic (exact) mass is 396 g/mol. The summed E-state index contributed by atoms with van der Waals surface area (Å²) in [5, 5.41) is 0. The molecule has 2 nitrogen and oxygen atoms in total. The zero-order valence-electron chi connectivity index (χ0n) is 19.1. The summed E-state index contributed by atoms with van der Waals surface area (Å²) in [4.78, 5) is 0. The molecule has 3 aliphatic rings. The minimum Gasteiger partial charge on any atom is -0.257 e. The van der Waals surface area contributed by atoms with Crippen LogP contribution in [0.15, 0.2) is 0 Å². The van der Waals surface area contributed by atoms with Gasteiger partial charge in [0.25, 0.3) is 0 Å². The Balaban J connectivity index is 1.42. The second-order valence-electron chi connectivity index (χ2n) is 9.84. The molecule has 0 aromatic rings. The smallest absolute Gasteiger partial charge is 0.0820 e. The first-order chi connectivity index (χ1) is 14.3. The standard InChI is InChI=1S/C27H44N2/c1-3-5-6-8-22-10-12-23(13-11-22)14-15-24-16-17-26(25(4-2)21-24)18-19-27-9-7-20-28-29-27/h22-29H,3-13,16-17,20-21H2,1-2H3. The van der Waals surface area contributed by atoms with Gasteiger partial charge in [-0.25, -0.2) is 5.43 Å². The van der Waals surface area contributed by atoms with Gasteiger partial charge >= 0.3 is 0 Å². The highest BCUT2D eigenvalue weighted by Crippen LogP contribution is 2.36. The number of hydrogen-bond donors (Lipinski definition) is 2. The summed E-state index contributed by atoms with van der Waals surface area (Å²) >= 11 is 0. The van der Waals surface area contributed by atoms with Crippen LogP contribution in [0.3, 0.4) is 0 Å². The van der Waals surface area contributed by atoms with Crippen molar-refractivity contribution in [1.29, 1.82) is 0 Å². The van der Waals surface area contributed by atoms with Crippen LogP contribution in [-0.2, 0) is 0 Å². The minimum atomic E-state index is 0.343. The zero-order valence-corrected chi connectivity index (χ0v) is 19.1. The third kappa shape index (κ3) is 7.66. The second-order valence-corrected chi connectivity index (χ2v) is 9.84. The van der Waals surface area contributed by atoms with E-state index in [4.69, 9.17) is 0 Å². The Labute approximate surface area is 180 Å². The molecule has 1 saturated heterocycles. The molecule has 0 aromatic carbocycles. The van der Waals surface area contributed by atoms with Crippen molar-refractivity contribution in [3.8, 4) is 23.7 Å². The lowest BCUT2D eigenvalue weighted by Gasteiger charge is -2.31. The molecule has 1 heterocycles. The summed E-state index contributed by atoms with van der Waals surface area (Å²) < 4.78 is 0. The first-order valence-electron chi connectivity index (χ1n) is 12.8. The lowest BCUT2D eigenvalue weighted by atomic mass is 9.73. The fraction of sp³-hybridized carbons (Fsp3) is 0.852. The summed E-state index contributed by atoms with van der Waals surface area (Å²) in [5.41, 5.74) is 6.58. The molecule has 162 valence electrons. The number of nitrogens with one attached hydrogen (secondary N) is 2. The van der Waals surface area contributed by atoms with E-state index in [2.05, 4.69) is 48.4 Å². The van der Waals surface area contributed by atoms with E-state index in [-0.39, 0.29) is 0 Å². The molecule has 0 radical (unpaired) electrons. The van der Waals surface area contributed by atoms with Crippen LogP contribution in [0.5, 0.6) is 0 Å². The van der Waals surface area contributed by atoms with Crippen LogP contribution in [0.4, 0.5) is 0 Å². The van der Waals surface area contributed by atoms with Gasteiger partial charge in [0.1, 0.15) is 0 Å². The third-order valence-corrected chi connectivity index (χ3v) is 7.57. The number of hydrazine groups is 1. The number of rotatable bonds is 5. The molecule has 29 heavy (non-hydrogen) atoms. The van der Waals surface area contributed by atoms with Crippen molar-refractivity contribution < 1.29 is 0 Å². The Hall–Kier alpha value is -0.960. The molecule has 2 aliphatic carbocycles. The van der Waals surface area contributed by atoms with E-state index in [1.165, 1.54) is 89.9 Å². The van der Waals surface area contributed by atoms with E-state index < -0.39 is 0 Å². The predicted octanol–water partition coefficient (Wildman–Crippen LogP) is 6.08. The topological polar surface area (TPSA) is 24.1 Å². The largest absolute Gasteiger partial charge is 0.257 e. The molecule has 1 aliphatic heterocycles. The number of unbranched alkanes of at least 4 members (excludes halogenated alkanes) is 2. The van der Waals surface area contributed by atoms with Gasteiger partial charge < -0.3 is 0 Å². The molecule has 4 atom stereocenters. The molecule has 3 rings (SSSR count). The fourth-order valence-electron chi connectivity index (χ4n) is 5.53. The van der Waals surface area contributed by atoms with Crippen molar-refractivity contribution in [1.82, 2.24) is 10.9 Å². The SMILES string of the molecule is CCCCCC1CCC(C#CC2CCC(C#CC3CCCNN3)C(CC)C2)CC1. The Bertz CT molecular complexity index is 575. The minimum absolute atomic E-state index is 0.343. The van der Waals surface area contributed by atoms with Crippen molar-refractivity contribution in [3.63, 3.8) is 0 Å². The molecule has 0 aromatic heterocycles. The van der Waals surface area contributed by atoms with E-state index in [9.17, 15) is 0 Å². The molecule has 2 saturated carbocycles. The van der Waals surface area contributed by atoms with Crippen LogP contribution >= 0.6 is 0 Å². The van der Waals surface area contributed by atoms with Crippen molar-refractivity contribution in [2.24, 2.45) is 29.6 Å². The maximum Gasteiger partial charge on any atom is 0.0820 e. The molecule has 2 N–H and O–H groups in total. The Morgan fingerprint density at radius 3 is 2.31 bits per heavy atom. The van der Waals surface area contributed by atoms with Gasteiger partial charge in [0.2, 0.25) is 0 Å². The van der Waals surface area contributed by atoms with Gasteiger partial charge in [-0.1, -0.05) is 69.6 Å². The van der Waals surface area contributed by atoms with Crippen molar-refractivity contribution in [2.45, 2.75) is 110 Å². The van der Waals surface area contributed by atoms with Gasteiger partial charge in [0, 0.05) is 24.3 Å². The van der Waals surface area contributed by atoms with Crippen LogP contribution < -0.4 is 10.9 Å². The average Bonchev–Trinajstić information content (AvgIpc) is 2.78. The van der Waals surface area contributed by atoms with Crippen molar-refractivity contribution in [2.75, 3.05) is 6.54 Å². The van der Waals surface area contributed by atoms with E-state index >= 15 is 0 Å². The van der Waals surface area contributed by atoms with Gasteiger partial charge in [-0.05, 0) is 69.6 Å². The Morgan fingerprint density at radius 1 is 0.793 bits per heavy atom. The predicted molar refractivity (Wildman–Crippen MR) is 124 cm³/mol. The van der Waals surface area contributed by atoms with Crippen LogP contribution in [0, 0.1) is 53.3 Å². The first-order valence-corrected chi connectivity index (χ1v) is 12.8. The van der Waals surface area contributed by atoms with Gasteiger partial charge in [-0.3, -0.25) is 5.43 Å². The molecule has 0 amide bonds. The van der Waals surface area contributed by atoms with E-state index in [0.717, 1.165) is 18.4 Å². The molecular formula is C27H44N2. The van der Waals surface area contributed by atoms with Crippen LogP contribution in [-0.4, -0.2) is 12.6 Å². The Kier molecular flexibility index (Phi) is 9.93. The Morgan fingerprint density at radius 2 is 1.59 bits per heavy atom. The molecule has 0 bridgehead atoms. The number of hydrogen-bond acceptors (Lipinski definition) is 2. The average molecular weight is 397 g/mol. The summed E-state index contributed by atoms with van der Waals surface area (Å²) in [6.45, 7) is 5.72. The maximum atomic E-state index is 3.73. The fourth-order valence-corrected chi connectivity index (χ4v) is 5.53. The molecular weight excluding hydrogens is 352 g/mol. The highest BCUT2D eigenvalue weighted by Gasteiger charge is 2.28. The van der Waals surface area contributed by atoms with Crippen LogP contribution in [0.1, 0.15) is 104 Å². The highest BCUT2D eigenvalue weighted by atomic mass is 15.4. The van der Waals surface area contributed by atoms with E-state index in [1.54, 1.807) is 0 Å². The molecule has 0 spiro atoms. The summed E-state index contributed by atoms with van der Waals surface area (Å²) in [6.07, 6.45) is 18.6. The van der Waals surface area contributed by atoms with Gasteiger partial charge in [0.15, 0.2) is 0 Å². The molecule has 2 heteroatoms. The zero-order chi connectivity index (χ0) is 20.3.